The lowest BCUT2D eigenvalue weighted by atomic mass is 10.2. The van der Waals surface area contributed by atoms with Gasteiger partial charge in [-0.05, 0) is 31.2 Å². The molecule has 2 aromatic carbocycles. The second-order valence-corrected chi connectivity index (χ2v) is 8.90. The zero-order valence-corrected chi connectivity index (χ0v) is 18.1. The number of carbonyl (C=O) groups excluding carboxylic acids is 2. The van der Waals surface area contributed by atoms with Gasteiger partial charge >= 0.3 is 5.97 Å². The lowest BCUT2D eigenvalue weighted by molar-refractivity contribution is -0.148. The number of nitrogen functional groups attached to an aromatic ring is 1. The number of hydrogen-bond acceptors (Lipinski definition) is 9. The number of nitrogens with zero attached hydrogens (tertiary/aromatic N) is 4. The van der Waals surface area contributed by atoms with Crippen molar-refractivity contribution in [3.05, 3.63) is 59.9 Å². The van der Waals surface area contributed by atoms with Gasteiger partial charge < -0.3 is 15.8 Å². The number of nitrogens with one attached hydrogen (secondary N) is 1. The number of aromatic nitrogens is 3. The smallest absolute Gasteiger partial charge is 0.343 e. The van der Waals surface area contributed by atoms with Gasteiger partial charge in [0.15, 0.2) is 17.3 Å². The molecule has 9 nitrogen and oxygen atoms in total. The van der Waals surface area contributed by atoms with E-state index >= 15 is 0 Å². The first-order valence-electron chi connectivity index (χ1n) is 10.1. The number of esters is 1. The van der Waals surface area contributed by atoms with Crippen molar-refractivity contribution in [2.24, 2.45) is 0 Å². The molecule has 5 rings (SSSR count). The molecule has 1 fully saturated rings. The second kappa shape index (κ2) is 7.79. The molecule has 1 unspecified atom stereocenters. The Hall–Kier alpha value is -3.66. The predicted octanol–water partition coefficient (Wildman–Crippen LogP) is 3.18. The first-order valence-corrected chi connectivity index (χ1v) is 10.9. The molecule has 0 saturated carbocycles. The highest BCUT2D eigenvalue weighted by molar-refractivity contribution is 8.02. The lowest BCUT2D eigenvalue weighted by Crippen LogP contribution is -2.47. The molecular weight excluding hydrogens is 428 g/mol. The van der Waals surface area contributed by atoms with Crippen molar-refractivity contribution in [1.82, 2.24) is 15.0 Å². The third kappa shape index (κ3) is 3.52. The minimum Gasteiger partial charge on any atom is -0.455 e. The van der Waals surface area contributed by atoms with Gasteiger partial charge in [0.05, 0.1) is 5.69 Å². The molecule has 0 bridgehead atoms. The monoisotopic (exact) mass is 448 g/mol. The molecule has 32 heavy (non-hydrogen) atoms. The van der Waals surface area contributed by atoms with Crippen LogP contribution in [0.25, 0.3) is 0 Å². The van der Waals surface area contributed by atoms with Gasteiger partial charge in [-0.15, -0.1) is 0 Å². The summed E-state index contributed by atoms with van der Waals surface area (Å²) in [6, 6.07) is 15.2. The van der Waals surface area contributed by atoms with Crippen LogP contribution >= 0.6 is 11.8 Å². The summed E-state index contributed by atoms with van der Waals surface area (Å²) in [5.41, 5.74) is 8.49. The van der Waals surface area contributed by atoms with Gasteiger partial charge in [-0.25, -0.2) is 4.79 Å². The first-order chi connectivity index (χ1) is 15.4. The maximum atomic E-state index is 13.2. The fourth-order valence-electron chi connectivity index (χ4n) is 3.84. The number of nitrogens with two attached hydrogens (primary N) is 1. The van der Waals surface area contributed by atoms with E-state index in [1.807, 2.05) is 55.5 Å². The van der Waals surface area contributed by atoms with Crippen molar-refractivity contribution in [3.63, 3.8) is 0 Å². The molecule has 162 valence electrons. The van der Waals surface area contributed by atoms with Crippen LogP contribution in [0.3, 0.4) is 0 Å². The Morgan fingerprint density at radius 2 is 1.97 bits per heavy atom. The van der Waals surface area contributed by atoms with Crippen molar-refractivity contribution in [3.8, 4) is 0 Å². The highest BCUT2D eigenvalue weighted by Gasteiger charge is 2.58. The molecule has 3 heterocycles. The number of ether oxygens (including phenoxy) is 1. The highest BCUT2D eigenvalue weighted by Crippen LogP contribution is 2.56. The number of aryl methyl sites for hydroxylation is 1. The summed E-state index contributed by atoms with van der Waals surface area (Å²) in [4.78, 5) is 39.5. The standard InChI is InChI=1S/C22H20N6O3S/c1-13-6-8-14(9-7-13)24-21-26-17(25-20(23)27-21)12-31-19(30)22-11-10-18(29)28(22)15-4-2-3-5-16(15)32-22/h2-9H,10-12H2,1H3,(H3,23,24,25,26,27). The Bertz CT molecular complexity index is 1220. The SMILES string of the molecule is Cc1ccc(Nc2nc(N)nc(COC(=O)C34CCC(=O)N3c3ccccc3S4)n2)cc1. The van der Waals surface area contributed by atoms with Crippen LogP contribution < -0.4 is 16.0 Å². The van der Waals surface area contributed by atoms with Crippen molar-refractivity contribution in [2.75, 3.05) is 16.0 Å². The Balaban J connectivity index is 1.33. The number of hydrogen-bond donors (Lipinski definition) is 2. The van der Waals surface area contributed by atoms with E-state index in [4.69, 9.17) is 10.5 Å². The zero-order valence-electron chi connectivity index (χ0n) is 17.2. The molecule has 0 aliphatic carbocycles. The topological polar surface area (TPSA) is 123 Å². The second-order valence-electron chi connectivity index (χ2n) is 7.58. The minimum atomic E-state index is -1.09. The fourth-order valence-corrected chi connectivity index (χ4v) is 5.25. The zero-order chi connectivity index (χ0) is 22.3. The van der Waals surface area contributed by atoms with E-state index in [-0.39, 0.29) is 30.2 Å². The number of amides is 1. The quantitative estimate of drug-likeness (QED) is 0.566. The normalized spacial score (nSPS) is 18.9. The summed E-state index contributed by atoms with van der Waals surface area (Å²) in [5, 5.41) is 3.07. The number of anilines is 4. The number of fused-ring (bicyclic) bond motifs is 3. The number of carbonyl (C=O) groups is 2. The Kier molecular flexibility index (Phi) is 4.93. The minimum absolute atomic E-state index is 0.0131. The van der Waals surface area contributed by atoms with E-state index in [9.17, 15) is 9.59 Å². The van der Waals surface area contributed by atoms with Crippen LogP contribution in [-0.2, 0) is 20.9 Å². The van der Waals surface area contributed by atoms with Crippen molar-refractivity contribution >= 4 is 46.9 Å². The molecule has 10 heteroatoms. The van der Waals surface area contributed by atoms with Crippen molar-refractivity contribution < 1.29 is 14.3 Å². The number of benzene rings is 2. The molecule has 3 N–H and O–H groups in total. The van der Waals surface area contributed by atoms with Gasteiger partial charge in [-0.1, -0.05) is 41.6 Å². The van der Waals surface area contributed by atoms with E-state index in [1.54, 1.807) is 4.90 Å². The first kappa shape index (κ1) is 20.3. The number of para-hydroxylation sites is 1. The molecule has 1 saturated heterocycles. The van der Waals surface area contributed by atoms with E-state index in [2.05, 4.69) is 20.3 Å². The summed E-state index contributed by atoms with van der Waals surface area (Å²) >= 11 is 1.35. The third-order valence-corrected chi connectivity index (χ3v) is 6.79. The predicted molar refractivity (Wildman–Crippen MR) is 120 cm³/mol. The van der Waals surface area contributed by atoms with Crippen LogP contribution in [0.15, 0.2) is 53.4 Å². The van der Waals surface area contributed by atoms with Gasteiger partial charge in [0.2, 0.25) is 17.8 Å². The molecule has 1 aromatic heterocycles. The summed E-state index contributed by atoms with van der Waals surface area (Å²) in [6.45, 7) is 1.81. The molecule has 2 aliphatic rings. The van der Waals surface area contributed by atoms with Crippen LogP contribution in [-0.4, -0.2) is 31.7 Å². The van der Waals surface area contributed by atoms with Gasteiger partial charge in [-0.3, -0.25) is 9.69 Å². The van der Waals surface area contributed by atoms with Gasteiger partial charge in [0.1, 0.15) is 0 Å². The van der Waals surface area contributed by atoms with Crippen LogP contribution in [0.1, 0.15) is 24.2 Å². The van der Waals surface area contributed by atoms with Crippen LogP contribution in [0.5, 0.6) is 0 Å². The molecule has 0 spiro atoms. The summed E-state index contributed by atoms with van der Waals surface area (Å²) in [5.74, 6) is -0.108. The number of rotatable bonds is 5. The fraction of sp³-hybridized carbons (Fsp3) is 0.227. The van der Waals surface area contributed by atoms with E-state index in [0.717, 1.165) is 21.8 Å². The van der Waals surface area contributed by atoms with Gasteiger partial charge in [0, 0.05) is 23.4 Å². The Morgan fingerprint density at radius 3 is 2.78 bits per heavy atom. The van der Waals surface area contributed by atoms with Crippen LogP contribution in [0.4, 0.5) is 23.3 Å². The van der Waals surface area contributed by atoms with E-state index in [0.29, 0.717) is 12.8 Å². The van der Waals surface area contributed by atoms with Crippen LogP contribution in [0, 0.1) is 6.92 Å². The molecule has 0 radical (unpaired) electrons. The molecule has 1 amide bonds. The average Bonchev–Trinajstić information content (AvgIpc) is 3.29. The molecule has 2 aliphatic heterocycles. The molecule has 1 atom stereocenters. The van der Waals surface area contributed by atoms with Gasteiger partial charge in [-0.2, -0.15) is 15.0 Å². The summed E-state index contributed by atoms with van der Waals surface area (Å²) < 4.78 is 5.58. The largest absolute Gasteiger partial charge is 0.455 e. The third-order valence-electron chi connectivity index (χ3n) is 5.33. The Morgan fingerprint density at radius 1 is 1.19 bits per heavy atom. The number of thioether (sulfide) groups is 1. The van der Waals surface area contributed by atoms with E-state index < -0.39 is 10.8 Å². The maximum absolute atomic E-state index is 13.2. The van der Waals surface area contributed by atoms with Crippen LogP contribution in [0.2, 0.25) is 0 Å². The maximum Gasteiger partial charge on any atom is 0.343 e. The highest BCUT2D eigenvalue weighted by atomic mass is 32.2. The molecule has 3 aromatic rings. The average molecular weight is 449 g/mol. The summed E-state index contributed by atoms with van der Waals surface area (Å²) in [6.07, 6.45) is 0.670. The summed E-state index contributed by atoms with van der Waals surface area (Å²) in [7, 11) is 0. The Labute approximate surface area is 188 Å². The van der Waals surface area contributed by atoms with Crippen molar-refractivity contribution in [1.29, 1.82) is 0 Å². The van der Waals surface area contributed by atoms with Gasteiger partial charge in [0.25, 0.3) is 0 Å². The van der Waals surface area contributed by atoms with E-state index in [1.165, 1.54) is 11.8 Å². The lowest BCUT2D eigenvalue weighted by Gasteiger charge is -2.28. The van der Waals surface area contributed by atoms with Crippen molar-refractivity contribution in [2.45, 2.75) is 36.1 Å². The molecular formula is C22H20N6O3S.